The fraction of sp³-hybridized carbons (Fsp3) is 0.455. The molecule has 1 aromatic carbocycles. The Bertz CT molecular complexity index is 299. The zero-order chi connectivity index (χ0) is 14.0. The number of hydrogen-bond donors (Lipinski definition) is 1. The summed E-state index contributed by atoms with van der Waals surface area (Å²) < 4.78 is 41.9. The van der Waals surface area contributed by atoms with Gasteiger partial charge in [0.25, 0.3) is 0 Å². The van der Waals surface area contributed by atoms with Gasteiger partial charge in [0.2, 0.25) is 0 Å². The first-order chi connectivity index (χ1) is 8.06. The van der Waals surface area contributed by atoms with E-state index in [1.165, 1.54) is 0 Å². The summed E-state index contributed by atoms with van der Waals surface area (Å²) >= 11 is 0. The van der Waals surface area contributed by atoms with Gasteiger partial charge in [0.15, 0.2) is 17.5 Å². The molecule has 17 heavy (non-hydrogen) atoms. The van der Waals surface area contributed by atoms with Crippen LogP contribution in [0, 0.1) is 17.5 Å². The third-order valence-electron chi connectivity index (χ3n) is 1.51. The smallest absolute Gasteiger partial charge is 0.423 e. The summed E-state index contributed by atoms with van der Waals surface area (Å²) in [6, 6.07) is 1.35. The Kier molecular flexibility index (Phi) is 11.0. The quantitative estimate of drug-likeness (QED) is 0.645. The first kappa shape index (κ1) is 18.4. The van der Waals surface area contributed by atoms with E-state index in [4.69, 9.17) is 5.02 Å². The van der Waals surface area contributed by atoms with Gasteiger partial charge in [0, 0.05) is 7.11 Å². The van der Waals surface area contributed by atoms with Crippen LogP contribution >= 0.6 is 0 Å². The second kappa shape index (κ2) is 10.2. The predicted octanol–water partition coefficient (Wildman–Crippen LogP) is 2.49. The van der Waals surface area contributed by atoms with Crippen LogP contribution in [0.25, 0.3) is 0 Å². The van der Waals surface area contributed by atoms with Gasteiger partial charge in [0.05, 0.1) is 0 Å². The average molecular weight is 250 g/mol. The summed E-state index contributed by atoms with van der Waals surface area (Å²) in [7, 11) is -0.297. The molecular formula is C11H18BF3O2. The molecule has 1 rings (SSSR count). The largest absolute Gasteiger partial charge is 0.491 e. The van der Waals surface area contributed by atoms with Crippen molar-refractivity contribution in [3.63, 3.8) is 0 Å². The lowest BCUT2D eigenvalue weighted by molar-refractivity contribution is 0.341. The average Bonchev–Trinajstić information content (AvgIpc) is 2.39. The lowest BCUT2D eigenvalue weighted by Gasteiger charge is -2.04. The van der Waals surface area contributed by atoms with E-state index < -0.39 is 24.6 Å². The van der Waals surface area contributed by atoms with Crippen molar-refractivity contribution < 1.29 is 22.8 Å². The first-order valence-corrected chi connectivity index (χ1v) is 5.41. The molecule has 1 aromatic rings. The molecule has 0 bridgehead atoms. The maximum absolute atomic E-state index is 12.6. The van der Waals surface area contributed by atoms with Gasteiger partial charge in [-0.05, 0) is 17.6 Å². The Labute approximate surface area is 101 Å². The SMILES string of the molecule is CC.CC.COB(O)c1cc(F)c(F)c(F)c1. The Morgan fingerprint density at radius 1 is 1.00 bits per heavy atom. The molecule has 0 aliphatic carbocycles. The highest BCUT2D eigenvalue weighted by atomic mass is 19.2. The van der Waals surface area contributed by atoms with Crippen LogP contribution in [-0.2, 0) is 4.65 Å². The Balaban J connectivity index is 0. The monoisotopic (exact) mass is 250 g/mol. The van der Waals surface area contributed by atoms with Crippen molar-refractivity contribution in [2.24, 2.45) is 0 Å². The molecule has 0 fully saturated rings. The van der Waals surface area contributed by atoms with Crippen molar-refractivity contribution in [3.05, 3.63) is 29.6 Å². The van der Waals surface area contributed by atoms with Crippen LogP contribution < -0.4 is 5.46 Å². The fourth-order valence-electron chi connectivity index (χ4n) is 0.854. The summed E-state index contributed by atoms with van der Waals surface area (Å²) in [6.45, 7) is 8.00. The van der Waals surface area contributed by atoms with Crippen LogP contribution in [0.3, 0.4) is 0 Å². The molecule has 0 heterocycles. The molecular weight excluding hydrogens is 232 g/mol. The third-order valence-corrected chi connectivity index (χ3v) is 1.51. The second-order valence-corrected chi connectivity index (χ2v) is 2.39. The topological polar surface area (TPSA) is 29.5 Å². The Morgan fingerprint density at radius 2 is 1.35 bits per heavy atom. The van der Waals surface area contributed by atoms with Gasteiger partial charge in [-0.25, -0.2) is 13.2 Å². The maximum atomic E-state index is 12.6. The molecule has 0 saturated heterocycles. The molecule has 0 spiro atoms. The van der Waals surface area contributed by atoms with Gasteiger partial charge in [-0.2, -0.15) is 0 Å². The van der Waals surface area contributed by atoms with Crippen LogP contribution in [0.1, 0.15) is 27.7 Å². The van der Waals surface area contributed by atoms with E-state index in [1.807, 2.05) is 27.7 Å². The number of benzene rings is 1. The van der Waals surface area contributed by atoms with Crippen molar-refractivity contribution in [1.82, 2.24) is 0 Å². The highest BCUT2D eigenvalue weighted by molar-refractivity contribution is 6.59. The Hall–Kier alpha value is -1.01. The van der Waals surface area contributed by atoms with Crippen LogP contribution in [0.15, 0.2) is 12.1 Å². The summed E-state index contributed by atoms with van der Waals surface area (Å²) in [6.07, 6.45) is 0. The van der Waals surface area contributed by atoms with Crippen LogP contribution in [-0.4, -0.2) is 19.3 Å². The van der Waals surface area contributed by atoms with E-state index in [0.717, 1.165) is 7.11 Å². The summed E-state index contributed by atoms with van der Waals surface area (Å²) in [5.74, 6) is -4.27. The second-order valence-electron chi connectivity index (χ2n) is 2.39. The highest BCUT2D eigenvalue weighted by Crippen LogP contribution is 2.08. The van der Waals surface area contributed by atoms with Crippen molar-refractivity contribution >= 4 is 12.6 Å². The molecule has 98 valence electrons. The maximum Gasteiger partial charge on any atom is 0.491 e. The first-order valence-electron chi connectivity index (χ1n) is 5.41. The molecule has 0 saturated carbocycles. The Morgan fingerprint density at radius 3 is 1.65 bits per heavy atom. The standard InChI is InChI=1S/C7H6BF3O2.2C2H6/c1-13-8(12)4-2-5(9)7(11)6(10)3-4;2*1-2/h2-3,12H,1H3;2*1-2H3. The minimum atomic E-state index is -1.56. The molecule has 0 aliphatic rings. The molecule has 6 heteroatoms. The molecule has 0 unspecified atom stereocenters. The zero-order valence-corrected chi connectivity index (χ0v) is 10.7. The van der Waals surface area contributed by atoms with E-state index in [1.54, 1.807) is 0 Å². The van der Waals surface area contributed by atoms with Crippen LogP contribution in [0.4, 0.5) is 13.2 Å². The van der Waals surface area contributed by atoms with E-state index in [2.05, 4.69) is 4.65 Å². The van der Waals surface area contributed by atoms with Crippen molar-refractivity contribution in [3.8, 4) is 0 Å². The van der Waals surface area contributed by atoms with Crippen LogP contribution in [0.5, 0.6) is 0 Å². The molecule has 2 nitrogen and oxygen atoms in total. The zero-order valence-electron chi connectivity index (χ0n) is 10.7. The van der Waals surface area contributed by atoms with E-state index in [-0.39, 0.29) is 5.46 Å². The predicted molar refractivity (Wildman–Crippen MR) is 63.6 cm³/mol. The van der Waals surface area contributed by atoms with E-state index >= 15 is 0 Å². The highest BCUT2D eigenvalue weighted by Gasteiger charge is 2.19. The van der Waals surface area contributed by atoms with Gasteiger partial charge < -0.3 is 9.68 Å². The minimum absolute atomic E-state index is 0.168. The normalized spacial score (nSPS) is 8.53. The van der Waals surface area contributed by atoms with E-state index in [0.29, 0.717) is 12.1 Å². The molecule has 0 amide bonds. The van der Waals surface area contributed by atoms with E-state index in [9.17, 15) is 13.2 Å². The van der Waals surface area contributed by atoms with Crippen molar-refractivity contribution in [2.45, 2.75) is 27.7 Å². The molecule has 1 N–H and O–H groups in total. The van der Waals surface area contributed by atoms with Crippen molar-refractivity contribution in [1.29, 1.82) is 0 Å². The molecule has 0 radical (unpaired) electrons. The lowest BCUT2D eigenvalue weighted by Crippen LogP contribution is -2.33. The van der Waals surface area contributed by atoms with Gasteiger partial charge in [-0.3, -0.25) is 0 Å². The lowest BCUT2D eigenvalue weighted by atomic mass is 9.79. The fourth-order valence-corrected chi connectivity index (χ4v) is 0.854. The molecule has 0 aromatic heterocycles. The number of rotatable bonds is 2. The summed E-state index contributed by atoms with van der Waals surface area (Å²) in [4.78, 5) is 0. The minimum Gasteiger partial charge on any atom is -0.423 e. The van der Waals surface area contributed by atoms with Gasteiger partial charge in [-0.15, -0.1) is 0 Å². The molecule has 0 aliphatic heterocycles. The van der Waals surface area contributed by atoms with Crippen LogP contribution in [0.2, 0.25) is 0 Å². The third kappa shape index (κ3) is 5.74. The van der Waals surface area contributed by atoms with Gasteiger partial charge in [-0.1, -0.05) is 27.7 Å². The summed E-state index contributed by atoms with van der Waals surface area (Å²) in [5, 5.41) is 8.99. The molecule has 0 atom stereocenters. The number of halogens is 3. The number of hydrogen-bond acceptors (Lipinski definition) is 2. The van der Waals surface area contributed by atoms with Gasteiger partial charge in [0.1, 0.15) is 0 Å². The van der Waals surface area contributed by atoms with Crippen molar-refractivity contribution in [2.75, 3.05) is 7.11 Å². The summed E-state index contributed by atoms with van der Waals surface area (Å²) in [5.41, 5.74) is -0.168. The van der Waals surface area contributed by atoms with Gasteiger partial charge >= 0.3 is 7.12 Å².